The second-order valence-corrected chi connectivity index (χ2v) is 7.50. The van der Waals surface area contributed by atoms with Crippen molar-refractivity contribution in [2.24, 2.45) is 0 Å². The molecular formula is C25H30N2O2. The van der Waals surface area contributed by atoms with E-state index in [-0.39, 0.29) is 11.8 Å². The lowest BCUT2D eigenvalue weighted by atomic mass is 9.97. The molecule has 1 aliphatic carbocycles. The predicted octanol–water partition coefficient (Wildman–Crippen LogP) is 4.97. The lowest BCUT2D eigenvalue weighted by Gasteiger charge is -2.21. The molecule has 0 radical (unpaired) electrons. The van der Waals surface area contributed by atoms with E-state index in [1.165, 1.54) is 18.4 Å². The fourth-order valence-corrected chi connectivity index (χ4v) is 3.65. The van der Waals surface area contributed by atoms with Crippen molar-refractivity contribution in [2.75, 3.05) is 13.1 Å². The number of carbonyl (C=O) groups excluding carboxylic acids is 2. The maximum Gasteiger partial charge on any atom is 0.254 e. The smallest absolute Gasteiger partial charge is 0.254 e. The highest BCUT2D eigenvalue weighted by molar-refractivity contribution is 5.97. The van der Waals surface area contributed by atoms with Crippen LogP contribution in [0.2, 0.25) is 0 Å². The third-order valence-electron chi connectivity index (χ3n) is 5.40. The van der Waals surface area contributed by atoms with E-state index >= 15 is 0 Å². The van der Waals surface area contributed by atoms with Crippen LogP contribution in [0.25, 0.3) is 0 Å². The minimum absolute atomic E-state index is 0.0208. The molecule has 0 heterocycles. The normalized spacial score (nSPS) is 13.5. The monoisotopic (exact) mass is 390 g/mol. The van der Waals surface area contributed by atoms with Gasteiger partial charge in [0, 0.05) is 30.8 Å². The number of allylic oxidation sites excluding steroid dienone is 1. The van der Waals surface area contributed by atoms with E-state index < -0.39 is 0 Å². The third-order valence-corrected chi connectivity index (χ3v) is 5.40. The predicted molar refractivity (Wildman–Crippen MR) is 117 cm³/mol. The molecule has 3 rings (SSSR count). The van der Waals surface area contributed by atoms with Gasteiger partial charge in [0.15, 0.2) is 0 Å². The van der Waals surface area contributed by atoms with Crippen molar-refractivity contribution in [1.29, 1.82) is 0 Å². The lowest BCUT2D eigenvalue weighted by molar-refractivity contribution is 0.0752. The Kier molecular flexibility index (Phi) is 7.62. The lowest BCUT2D eigenvalue weighted by Crippen LogP contribution is -2.30. The van der Waals surface area contributed by atoms with Gasteiger partial charge >= 0.3 is 0 Å². The van der Waals surface area contributed by atoms with E-state index in [0.717, 1.165) is 24.8 Å². The van der Waals surface area contributed by atoms with Gasteiger partial charge in [0.05, 0.1) is 0 Å². The maximum atomic E-state index is 12.8. The molecule has 1 N–H and O–H groups in total. The van der Waals surface area contributed by atoms with Crippen LogP contribution in [-0.2, 0) is 6.54 Å². The van der Waals surface area contributed by atoms with E-state index in [2.05, 4.69) is 11.4 Å². The zero-order valence-electron chi connectivity index (χ0n) is 17.2. The zero-order chi connectivity index (χ0) is 20.5. The van der Waals surface area contributed by atoms with E-state index in [9.17, 15) is 9.59 Å². The Bertz CT molecular complexity index is 841. The summed E-state index contributed by atoms with van der Waals surface area (Å²) in [7, 11) is 0. The van der Waals surface area contributed by atoms with Gasteiger partial charge in [-0.1, -0.05) is 42.0 Å². The number of rotatable bonds is 8. The highest BCUT2D eigenvalue weighted by Crippen LogP contribution is 2.19. The summed E-state index contributed by atoms with van der Waals surface area (Å²) in [4.78, 5) is 27.0. The molecule has 2 amide bonds. The van der Waals surface area contributed by atoms with Crippen LogP contribution in [-0.4, -0.2) is 29.8 Å². The summed E-state index contributed by atoms with van der Waals surface area (Å²) < 4.78 is 0. The molecule has 0 unspecified atom stereocenters. The Morgan fingerprint density at radius 1 is 0.966 bits per heavy atom. The van der Waals surface area contributed by atoms with Crippen LogP contribution in [0.5, 0.6) is 0 Å². The second kappa shape index (κ2) is 10.6. The van der Waals surface area contributed by atoms with Crippen molar-refractivity contribution in [3.05, 3.63) is 82.9 Å². The van der Waals surface area contributed by atoms with Crippen LogP contribution in [0, 0.1) is 0 Å². The number of carbonyl (C=O) groups is 2. The molecule has 0 spiro atoms. The molecule has 4 nitrogen and oxygen atoms in total. The van der Waals surface area contributed by atoms with Crippen molar-refractivity contribution >= 4 is 11.8 Å². The largest absolute Gasteiger partial charge is 0.352 e. The fourth-order valence-electron chi connectivity index (χ4n) is 3.65. The molecule has 0 saturated carbocycles. The molecule has 2 aromatic rings. The van der Waals surface area contributed by atoms with Gasteiger partial charge in [0.25, 0.3) is 11.8 Å². The fraction of sp³-hybridized carbons (Fsp3) is 0.360. The first-order chi connectivity index (χ1) is 14.2. The summed E-state index contributed by atoms with van der Waals surface area (Å²) >= 11 is 0. The molecule has 0 saturated heterocycles. The minimum atomic E-state index is -0.0861. The Morgan fingerprint density at radius 3 is 2.34 bits per heavy atom. The number of nitrogens with one attached hydrogen (secondary N) is 1. The summed E-state index contributed by atoms with van der Waals surface area (Å²) in [6.45, 7) is 3.84. The Balaban J connectivity index is 1.54. The maximum absolute atomic E-state index is 12.8. The van der Waals surface area contributed by atoms with Crippen molar-refractivity contribution < 1.29 is 9.59 Å². The molecule has 0 fully saturated rings. The highest BCUT2D eigenvalue weighted by atomic mass is 16.2. The third kappa shape index (κ3) is 6.05. The molecule has 0 aliphatic heterocycles. The van der Waals surface area contributed by atoms with Gasteiger partial charge in [-0.25, -0.2) is 0 Å². The molecule has 0 atom stereocenters. The van der Waals surface area contributed by atoms with Crippen molar-refractivity contribution in [3.8, 4) is 0 Å². The molecule has 1 aliphatic rings. The Hall–Kier alpha value is -2.88. The first kappa shape index (κ1) is 20.8. The Labute approximate surface area is 173 Å². The van der Waals surface area contributed by atoms with Gasteiger partial charge in [-0.2, -0.15) is 0 Å². The summed E-state index contributed by atoms with van der Waals surface area (Å²) in [5.41, 5.74) is 3.75. The molecular weight excluding hydrogens is 360 g/mol. The summed E-state index contributed by atoms with van der Waals surface area (Å²) in [5, 5.41) is 2.99. The van der Waals surface area contributed by atoms with Crippen LogP contribution in [0.4, 0.5) is 0 Å². The van der Waals surface area contributed by atoms with E-state index in [1.54, 1.807) is 24.3 Å². The minimum Gasteiger partial charge on any atom is -0.352 e. The molecule has 29 heavy (non-hydrogen) atoms. The van der Waals surface area contributed by atoms with Crippen LogP contribution < -0.4 is 5.32 Å². The molecule has 0 bridgehead atoms. The van der Waals surface area contributed by atoms with Gasteiger partial charge in [-0.15, -0.1) is 0 Å². The van der Waals surface area contributed by atoms with Crippen molar-refractivity contribution in [3.63, 3.8) is 0 Å². The average Bonchev–Trinajstić information content (AvgIpc) is 2.78. The average molecular weight is 391 g/mol. The number of benzene rings is 2. The standard InChI is InChI=1S/C25H30N2O2/c1-2-27(19-21-11-7-4-8-12-21)25(29)23-15-13-22(14-16-23)24(28)26-18-17-20-9-5-3-6-10-20/h4,7-9,11-16H,2-3,5-6,10,17-19H2,1H3,(H,26,28). The first-order valence-electron chi connectivity index (χ1n) is 10.6. The highest BCUT2D eigenvalue weighted by Gasteiger charge is 2.15. The second-order valence-electron chi connectivity index (χ2n) is 7.50. The van der Waals surface area contributed by atoms with Crippen LogP contribution in [0.3, 0.4) is 0 Å². The molecule has 152 valence electrons. The van der Waals surface area contributed by atoms with E-state index in [0.29, 0.717) is 30.8 Å². The zero-order valence-corrected chi connectivity index (χ0v) is 17.2. The van der Waals surface area contributed by atoms with Gasteiger partial charge < -0.3 is 10.2 Å². The summed E-state index contributed by atoms with van der Waals surface area (Å²) in [6, 6.07) is 16.9. The number of amides is 2. The summed E-state index contributed by atoms with van der Waals surface area (Å²) in [5.74, 6) is -0.107. The van der Waals surface area contributed by atoms with Gasteiger partial charge in [0.1, 0.15) is 0 Å². The number of hydrogen-bond acceptors (Lipinski definition) is 2. The van der Waals surface area contributed by atoms with Crippen LogP contribution >= 0.6 is 0 Å². The number of nitrogens with zero attached hydrogens (tertiary/aromatic N) is 1. The van der Waals surface area contributed by atoms with Crippen molar-refractivity contribution in [1.82, 2.24) is 10.2 Å². The van der Waals surface area contributed by atoms with Gasteiger partial charge in [-0.3, -0.25) is 9.59 Å². The molecule has 2 aromatic carbocycles. The SMILES string of the molecule is CCN(Cc1ccccc1)C(=O)c1ccc(C(=O)NCCC2=CCCCC2)cc1. The molecule has 0 aromatic heterocycles. The van der Waals surface area contributed by atoms with Crippen molar-refractivity contribution in [2.45, 2.75) is 45.6 Å². The van der Waals surface area contributed by atoms with Crippen LogP contribution in [0.15, 0.2) is 66.2 Å². The first-order valence-corrected chi connectivity index (χ1v) is 10.6. The molecule has 4 heteroatoms. The summed E-state index contributed by atoms with van der Waals surface area (Å²) in [6.07, 6.45) is 8.09. The van der Waals surface area contributed by atoms with E-state index in [1.807, 2.05) is 42.2 Å². The topological polar surface area (TPSA) is 49.4 Å². The van der Waals surface area contributed by atoms with Crippen LogP contribution in [0.1, 0.15) is 65.3 Å². The van der Waals surface area contributed by atoms with E-state index in [4.69, 9.17) is 0 Å². The number of hydrogen-bond donors (Lipinski definition) is 1. The van der Waals surface area contributed by atoms with Gasteiger partial charge in [-0.05, 0) is 68.9 Å². The quantitative estimate of drug-likeness (QED) is 0.647. The van der Waals surface area contributed by atoms with Gasteiger partial charge in [0.2, 0.25) is 0 Å². The Morgan fingerprint density at radius 2 is 1.69 bits per heavy atom.